The van der Waals surface area contributed by atoms with Crippen molar-refractivity contribution in [2.24, 2.45) is 0 Å². The maximum absolute atomic E-state index is 10.1. The van der Waals surface area contributed by atoms with Gasteiger partial charge in [0, 0.05) is 6.04 Å². The van der Waals surface area contributed by atoms with Gasteiger partial charge in [0.15, 0.2) is 0 Å². The van der Waals surface area contributed by atoms with E-state index in [2.05, 4.69) is 10.2 Å². The molecule has 0 rings (SSSR count). The van der Waals surface area contributed by atoms with Gasteiger partial charge >= 0.3 is 5.97 Å². The van der Waals surface area contributed by atoms with Gasteiger partial charge in [-0.05, 0) is 7.05 Å². The number of carboxylic acids is 1. The maximum atomic E-state index is 10.1. The molecule has 0 fully saturated rings. The fourth-order valence-corrected chi connectivity index (χ4v) is 0.545. The highest BCUT2D eigenvalue weighted by molar-refractivity contribution is 5.67. The van der Waals surface area contributed by atoms with Gasteiger partial charge in [-0.1, -0.05) is 0 Å². The van der Waals surface area contributed by atoms with E-state index in [-0.39, 0.29) is 19.1 Å². The van der Waals surface area contributed by atoms with Crippen molar-refractivity contribution in [2.45, 2.75) is 12.5 Å². The highest BCUT2D eigenvalue weighted by atomic mass is 17.1. The Morgan fingerprint density at radius 1 is 1.80 bits per heavy atom. The summed E-state index contributed by atoms with van der Waals surface area (Å²) in [6.45, 7) is -0.0111. The van der Waals surface area contributed by atoms with Crippen LogP contribution in [-0.4, -0.2) is 36.0 Å². The van der Waals surface area contributed by atoms with E-state index in [0.717, 1.165) is 0 Å². The minimum atomic E-state index is -0.920. The first-order valence-corrected chi connectivity index (χ1v) is 2.86. The van der Waals surface area contributed by atoms with E-state index in [4.69, 9.17) is 10.4 Å². The van der Waals surface area contributed by atoms with Crippen molar-refractivity contribution in [1.29, 1.82) is 0 Å². The Bertz CT molecular complexity index is 106. The van der Waals surface area contributed by atoms with Crippen molar-refractivity contribution in [1.82, 2.24) is 5.32 Å². The van der Waals surface area contributed by atoms with Crippen molar-refractivity contribution in [2.75, 3.05) is 13.7 Å². The van der Waals surface area contributed by atoms with E-state index >= 15 is 0 Å². The SMILES string of the molecule is CNC(COO)CC(=O)O. The maximum Gasteiger partial charge on any atom is 0.305 e. The summed E-state index contributed by atoms with van der Waals surface area (Å²) in [6.07, 6.45) is -0.0585. The van der Waals surface area contributed by atoms with Crippen LogP contribution in [0.15, 0.2) is 0 Å². The van der Waals surface area contributed by atoms with E-state index in [1.54, 1.807) is 7.05 Å². The van der Waals surface area contributed by atoms with Crippen LogP contribution in [0, 0.1) is 0 Å². The molecule has 0 saturated heterocycles. The average molecular weight is 149 g/mol. The summed E-state index contributed by atoms with van der Waals surface area (Å²) in [4.78, 5) is 13.8. The molecule has 0 spiro atoms. The van der Waals surface area contributed by atoms with E-state index in [9.17, 15) is 4.79 Å². The zero-order valence-electron chi connectivity index (χ0n) is 5.70. The molecule has 0 aromatic heterocycles. The van der Waals surface area contributed by atoms with Gasteiger partial charge in [0.1, 0.15) is 0 Å². The van der Waals surface area contributed by atoms with Crippen molar-refractivity contribution < 1.29 is 20.0 Å². The molecule has 5 nitrogen and oxygen atoms in total. The highest BCUT2D eigenvalue weighted by Crippen LogP contribution is 1.90. The summed E-state index contributed by atoms with van der Waals surface area (Å²) in [5, 5.41) is 18.9. The van der Waals surface area contributed by atoms with Crippen LogP contribution in [0.1, 0.15) is 6.42 Å². The standard InChI is InChI=1S/C5H11NO4/c1-6-4(3-10-9)2-5(7)8/h4,6,9H,2-3H2,1H3,(H,7,8). The lowest BCUT2D eigenvalue weighted by atomic mass is 10.2. The lowest BCUT2D eigenvalue weighted by molar-refractivity contribution is -0.246. The molecule has 1 unspecified atom stereocenters. The largest absolute Gasteiger partial charge is 0.481 e. The zero-order chi connectivity index (χ0) is 7.98. The monoisotopic (exact) mass is 149 g/mol. The molecule has 0 radical (unpaired) electrons. The van der Waals surface area contributed by atoms with E-state index < -0.39 is 5.97 Å². The number of carbonyl (C=O) groups is 1. The van der Waals surface area contributed by atoms with Gasteiger partial charge < -0.3 is 10.4 Å². The number of carboxylic acid groups (broad SMARTS) is 1. The molecular formula is C5H11NO4. The second-order valence-corrected chi connectivity index (χ2v) is 1.88. The fourth-order valence-electron chi connectivity index (χ4n) is 0.545. The Morgan fingerprint density at radius 3 is 2.70 bits per heavy atom. The summed E-state index contributed by atoms with van der Waals surface area (Å²) in [5.74, 6) is -0.920. The number of rotatable bonds is 5. The molecule has 0 aromatic carbocycles. The first-order chi connectivity index (χ1) is 4.70. The molecule has 1 atom stereocenters. The van der Waals surface area contributed by atoms with Crippen molar-refractivity contribution >= 4 is 5.97 Å². The molecule has 0 aliphatic heterocycles. The quantitative estimate of drug-likeness (QED) is 0.364. The molecule has 60 valence electrons. The molecule has 10 heavy (non-hydrogen) atoms. The smallest absolute Gasteiger partial charge is 0.305 e. The molecule has 0 saturated carbocycles. The van der Waals surface area contributed by atoms with Crippen LogP contribution in [0.3, 0.4) is 0 Å². The third kappa shape index (κ3) is 4.25. The van der Waals surface area contributed by atoms with Crippen LogP contribution >= 0.6 is 0 Å². The van der Waals surface area contributed by atoms with Crippen LogP contribution in [0.25, 0.3) is 0 Å². The van der Waals surface area contributed by atoms with Crippen molar-refractivity contribution in [3.8, 4) is 0 Å². The van der Waals surface area contributed by atoms with E-state index in [0.29, 0.717) is 0 Å². The topological polar surface area (TPSA) is 78.8 Å². The zero-order valence-corrected chi connectivity index (χ0v) is 5.70. The van der Waals surface area contributed by atoms with Crippen LogP contribution in [0.2, 0.25) is 0 Å². The summed E-state index contributed by atoms with van der Waals surface area (Å²) in [7, 11) is 1.60. The van der Waals surface area contributed by atoms with Crippen LogP contribution in [0.4, 0.5) is 0 Å². The first-order valence-electron chi connectivity index (χ1n) is 2.86. The molecule has 0 bridgehead atoms. The van der Waals surface area contributed by atoms with E-state index in [1.807, 2.05) is 0 Å². The highest BCUT2D eigenvalue weighted by Gasteiger charge is 2.09. The van der Waals surface area contributed by atoms with Gasteiger partial charge in [0.2, 0.25) is 0 Å². The summed E-state index contributed by atoms with van der Waals surface area (Å²) in [5.41, 5.74) is 0. The number of likely N-dealkylation sites (N-methyl/N-ethyl adjacent to an activating group) is 1. The summed E-state index contributed by atoms with van der Waals surface area (Å²) in [6, 6.07) is -0.331. The molecule has 3 N–H and O–H groups in total. The van der Waals surface area contributed by atoms with Gasteiger partial charge in [-0.25, -0.2) is 4.89 Å². The lowest BCUT2D eigenvalue weighted by Crippen LogP contribution is -2.32. The van der Waals surface area contributed by atoms with E-state index in [1.165, 1.54) is 0 Å². The minimum absolute atomic E-state index is 0.0111. The lowest BCUT2D eigenvalue weighted by Gasteiger charge is -2.09. The van der Waals surface area contributed by atoms with Crippen molar-refractivity contribution in [3.63, 3.8) is 0 Å². The van der Waals surface area contributed by atoms with Gasteiger partial charge in [0.05, 0.1) is 13.0 Å². The average Bonchev–Trinajstić information content (AvgIpc) is 1.86. The third-order valence-electron chi connectivity index (χ3n) is 1.10. The number of hydrogen-bond acceptors (Lipinski definition) is 4. The third-order valence-corrected chi connectivity index (χ3v) is 1.10. The van der Waals surface area contributed by atoms with Crippen LogP contribution in [0.5, 0.6) is 0 Å². The second kappa shape index (κ2) is 5.16. The Kier molecular flexibility index (Phi) is 4.82. The second-order valence-electron chi connectivity index (χ2n) is 1.88. The molecular weight excluding hydrogens is 138 g/mol. The molecule has 0 aromatic rings. The molecule has 0 aliphatic carbocycles. The molecule has 0 aliphatic rings. The van der Waals surface area contributed by atoms with Gasteiger partial charge in [-0.15, -0.1) is 0 Å². The minimum Gasteiger partial charge on any atom is -0.481 e. The van der Waals surface area contributed by atoms with Crippen LogP contribution in [-0.2, 0) is 9.68 Å². The summed E-state index contributed by atoms with van der Waals surface area (Å²) >= 11 is 0. The first kappa shape index (κ1) is 9.35. The fraction of sp³-hybridized carbons (Fsp3) is 0.800. The predicted molar refractivity (Wildman–Crippen MR) is 33.7 cm³/mol. The Labute approximate surface area is 58.5 Å². The number of hydrogen-bond donors (Lipinski definition) is 3. The predicted octanol–water partition coefficient (Wildman–Crippen LogP) is -0.461. The van der Waals surface area contributed by atoms with Crippen LogP contribution < -0.4 is 5.32 Å². The molecule has 0 heterocycles. The number of aliphatic carboxylic acids is 1. The summed E-state index contributed by atoms with van der Waals surface area (Å²) < 4.78 is 0. The normalized spacial score (nSPS) is 13.0. The number of nitrogens with one attached hydrogen (secondary N) is 1. The Hall–Kier alpha value is -0.650. The van der Waals surface area contributed by atoms with Gasteiger partial charge in [-0.2, -0.15) is 0 Å². The molecule has 5 heteroatoms. The molecule has 0 amide bonds. The van der Waals surface area contributed by atoms with Gasteiger partial charge in [0.25, 0.3) is 0 Å². The Morgan fingerprint density at radius 2 is 2.40 bits per heavy atom. The Balaban J connectivity index is 3.49. The van der Waals surface area contributed by atoms with Crippen molar-refractivity contribution in [3.05, 3.63) is 0 Å². The van der Waals surface area contributed by atoms with Gasteiger partial charge in [-0.3, -0.25) is 10.1 Å².